The van der Waals surface area contributed by atoms with Gasteiger partial charge < -0.3 is 10.6 Å². The van der Waals surface area contributed by atoms with Gasteiger partial charge in [-0.15, -0.1) is 0 Å². The van der Waals surface area contributed by atoms with E-state index in [1.165, 1.54) is 12.8 Å². The summed E-state index contributed by atoms with van der Waals surface area (Å²) in [6, 6.07) is 1.02. The average molecular weight is 156 g/mol. The van der Waals surface area contributed by atoms with Crippen molar-refractivity contribution in [1.29, 1.82) is 0 Å². The van der Waals surface area contributed by atoms with Crippen molar-refractivity contribution in [1.82, 2.24) is 4.90 Å². The fourth-order valence-electron chi connectivity index (χ4n) is 1.28. The molecule has 0 aromatic carbocycles. The first-order valence-corrected chi connectivity index (χ1v) is 4.11. The molecule has 1 amide bonds. The molecule has 3 nitrogen and oxygen atoms in total. The lowest BCUT2D eigenvalue weighted by atomic mass is 10.2. The maximum absolute atomic E-state index is 10.6. The standard InChI is InChI=1S/C8H16N2O/c1-6(5-8(9)11)10(2)7-3-4-7/h6-7H,3-5H2,1-2H3,(H2,9,11). The van der Waals surface area contributed by atoms with Crippen LogP contribution >= 0.6 is 0 Å². The lowest BCUT2D eigenvalue weighted by Crippen LogP contribution is -2.34. The van der Waals surface area contributed by atoms with E-state index in [-0.39, 0.29) is 5.91 Å². The third kappa shape index (κ3) is 2.50. The van der Waals surface area contributed by atoms with Gasteiger partial charge in [-0.2, -0.15) is 0 Å². The van der Waals surface area contributed by atoms with Gasteiger partial charge >= 0.3 is 0 Å². The number of hydrogen-bond donors (Lipinski definition) is 1. The van der Waals surface area contributed by atoms with E-state index in [4.69, 9.17) is 5.73 Å². The summed E-state index contributed by atoms with van der Waals surface area (Å²) >= 11 is 0. The molecule has 11 heavy (non-hydrogen) atoms. The van der Waals surface area contributed by atoms with E-state index in [0.29, 0.717) is 18.5 Å². The molecular formula is C8H16N2O. The van der Waals surface area contributed by atoms with Gasteiger partial charge in [-0.25, -0.2) is 0 Å². The van der Waals surface area contributed by atoms with Crippen molar-refractivity contribution in [2.75, 3.05) is 7.05 Å². The van der Waals surface area contributed by atoms with Gasteiger partial charge in [0.25, 0.3) is 0 Å². The molecular weight excluding hydrogens is 140 g/mol. The Kier molecular flexibility index (Phi) is 2.49. The summed E-state index contributed by atoms with van der Waals surface area (Å²) in [6.07, 6.45) is 3.03. The monoisotopic (exact) mass is 156 g/mol. The highest BCUT2D eigenvalue weighted by molar-refractivity contribution is 5.74. The second-order valence-electron chi connectivity index (χ2n) is 3.42. The second kappa shape index (κ2) is 3.22. The van der Waals surface area contributed by atoms with E-state index >= 15 is 0 Å². The SMILES string of the molecule is CC(CC(N)=O)N(C)C1CC1. The fraction of sp³-hybridized carbons (Fsp3) is 0.875. The molecule has 1 aliphatic rings. The van der Waals surface area contributed by atoms with Crippen molar-refractivity contribution in [3.8, 4) is 0 Å². The van der Waals surface area contributed by atoms with E-state index in [1.807, 2.05) is 6.92 Å². The number of carbonyl (C=O) groups excluding carboxylic acids is 1. The van der Waals surface area contributed by atoms with Gasteiger partial charge in [-0.05, 0) is 26.8 Å². The molecule has 0 heterocycles. The predicted molar refractivity (Wildman–Crippen MR) is 44.1 cm³/mol. The largest absolute Gasteiger partial charge is 0.370 e. The Morgan fingerprint density at radius 1 is 1.73 bits per heavy atom. The zero-order chi connectivity index (χ0) is 8.43. The quantitative estimate of drug-likeness (QED) is 0.638. The number of nitrogens with two attached hydrogens (primary N) is 1. The van der Waals surface area contributed by atoms with Crippen LogP contribution in [0.15, 0.2) is 0 Å². The summed E-state index contributed by atoms with van der Waals surface area (Å²) in [6.45, 7) is 2.04. The maximum Gasteiger partial charge on any atom is 0.218 e. The lowest BCUT2D eigenvalue weighted by Gasteiger charge is -2.22. The zero-order valence-electron chi connectivity index (χ0n) is 7.21. The Bertz CT molecular complexity index is 154. The van der Waals surface area contributed by atoms with Crippen LogP contribution in [0.2, 0.25) is 0 Å². The highest BCUT2D eigenvalue weighted by atomic mass is 16.1. The highest BCUT2D eigenvalue weighted by Gasteiger charge is 2.29. The van der Waals surface area contributed by atoms with Gasteiger partial charge in [-0.3, -0.25) is 4.79 Å². The molecule has 0 bridgehead atoms. The molecule has 3 heteroatoms. The fourth-order valence-corrected chi connectivity index (χ4v) is 1.28. The zero-order valence-corrected chi connectivity index (χ0v) is 7.21. The summed E-state index contributed by atoms with van der Waals surface area (Å²) in [5.41, 5.74) is 5.09. The first kappa shape index (κ1) is 8.53. The second-order valence-corrected chi connectivity index (χ2v) is 3.42. The molecule has 1 aliphatic carbocycles. The Balaban J connectivity index is 2.26. The van der Waals surface area contributed by atoms with Gasteiger partial charge in [0.15, 0.2) is 0 Å². The molecule has 64 valence electrons. The van der Waals surface area contributed by atoms with Crippen molar-refractivity contribution in [2.45, 2.75) is 38.3 Å². The Hall–Kier alpha value is -0.570. The number of carbonyl (C=O) groups is 1. The average Bonchev–Trinajstić information content (AvgIpc) is 2.65. The number of primary amides is 1. The van der Waals surface area contributed by atoms with Crippen LogP contribution in [0, 0.1) is 0 Å². The van der Waals surface area contributed by atoms with E-state index < -0.39 is 0 Å². The van der Waals surface area contributed by atoms with Gasteiger partial charge in [0.2, 0.25) is 5.91 Å². The van der Waals surface area contributed by atoms with Crippen molar-refractivity contribution in [3.05, 3.63) is 0 Å². The van der Waals surface area contributed by atoms with Crippen LogP contribution in [-0.4, -0.2) is 29.9 Å². The minimum atomic E-state index is -0.204. The number of rotatable bonds is 4. The Morgan fingerprint density at radius 2 is 2.27 bits per heavy atom. The first-order valence-electron chi connectivity index (χ1n) is 4.11. The third-order valence-corrected chi connectivity index (χ3v) is 2.31. The van der Waals surface area contributed by atoms with E-state index in [9.17, 15) is 4.79 Å². The maximum atomic E-state index is 10.6. The molecule has 0 radical (unpaired) electrons. The van der Waals surface area contributed by atoms with E-state index in [1.54, 1.807) is 0 Å². The molecule has 2 N–H and O–H groups in total. The molecule has 1 rings (SSSR count). The molecule has 0 aromatic rings. The van der Waals surface area contributed by atoms with Crippen LogP contribution in [0.4, 0.5) is 0 Å². The molecule has 1 unspecified atom stereocenters. The van der Waals surface area contributed by atoms with Crippen LogP contribution in [0.5, 0.6) is 0 Å². The van der Waals surface area contributed by atoms with Crippen molar-refractivity contribution >= 4 is 5.91 Å². The summed E-state index contributed by atoms with van der Waals surface area (Å²) in [5.74, 6) is -0.204. The predicted octanol–water partition coefficient (Wildman–Crippen LogP) is 0.344. The summed E-state index contributed by atoms with van der Waals surface area (Å²) in [5, 5.41) is 0. The summed E-state index contributed by atoms with van der Waals surface area (Å²) in [7, 11) is 2.06. The van der Waals surface area contributed by atoms with Gasteiger partial charge in [-0.1, -0.05) is 0 Å². The lowest BCUT2D eigenvalue weighted by molar-refractivity contribution is -0.119. The van der Waals surface area contributed by atoms with Crippen LogP contribution in [-0.2, 0) is 4.79 Å². The Labute approximate surface area is 67.5 Å². The van der Waals surface area contributed by atoms with Crippen molar-refractivity contribution < 1.29 is 4.79 Å². The minimum Gasteiger partial charge on any atom is -0.370 e. The van der Waals surface area contributed by atoms with Gasteiger partial charge in [0.1, 0.15) is 0 Å². The van der Waals surface area contributed by atoms with E-state index in [0.717, 1.165) is 0 Å². The van der Waals surface area contributed by atoms with Gasteiger partial charge in [0.05, 0.1) is 0 Å². The van der Waals surface area contributed by atoms with Crippen molar-refractivity contribution in [2.24, 2.45) is 5.73 Å². The van der Waals surface area contributed by atoms with Crippen LogP contribution in [0.1, 0.15) is 26.2 Å². The highest BCUT2D eigenvalue weighted by Crippen LogP contribution is 2.27. The molecule has 0 aromatic heterocycles. The number of amides is 1. The number of nitrogens with zero attached hydrogens (tertiary/aromatic N) is 1. The molecule has 0 spiro atoms. The van der Waals surface area contributed by atoms with Crippen LogP contribution in [0.25, 0.3) is 0 Å². The molecule has 0 aliphatic heterocycles. The molecule has 1 fully saturated rings. The molecule has 0 saturated heterocycles. The summed E-state index contributed by atoms with van der Waals surface area (Å²) < 4.78 is 0. The van der Waals surface area contributed by atoms with Crippen LogP contribution < -0.4 is 5.73 Å². The Morgan fingerprint density at radius 3 is 2.64 bits per heavy atom. The minimum absolute atomic E-state index is 0.204. The van der Waals surface area contributed by atoms with Crippen molar-refractivity contribution in [3.63, 3.8) is 0 Å². The van der Waals surface area contributed by atoms with Crippen LogP contribution in [0.3, 0.4) is 0 Å². The first-order chi connectivity index (χ1) is 5.11. The molecule has 1 saturated carbocycles. The summed E-state index contributed by atoms with van der Waals surface area (Å²) in [4.78, 5) is 12.8. The molecule has 1 atom stereocenters. The third-order valence-electron chi connectivity index (χ3n) is 2.31. The van der Waals surface area contributed by atoms with Gasteiger partial charge in [0, 0.05) is 18.5 Å². The smallest absolute Gasteiger partial charge is 0.218 e. The van der Waals surface area contributed by atoms with E-state index in [2.05, 4.69) is 11.9 Å². The normalized spacial score (nSPS) is 20.3. The topological polar surface area (TPSA) is 46.3 Å². The number of hydrogen-bond acceptors (Lipinski definition) is 2.